The number of piperazine rings is 1. The predicted octanol–water partition coefficient (Wildman–Crippen LogP) is 2.00. The van der Waals surface area contributed by atoms with Crippen LogP contribution in [0.4, 0.5) is 0 Å². The number of hydrogen-bond acceptors (Lipinski definition) is 3. The minimum Gasteiger partial charge on any atom is -0.469 e. The quantitative estimate of drug-likeness (QED) is 0.823. The molecule has 1 aliphatic heterocycles. The van der Waals surface area contributed by atoms with Gasteiger partial charge in [0.15, 0.2) is 0 Å². The van der Waals surface area contributed by atoms with Crippen LogP contribution in [0.2, 0.25) is 0 Å². The standard InChI is InChI=1S/C14H22N2O2/c1-11(2)10-15-5-7-16(8-6-15)14(17)13-4-9-18-12(13)3/h4,9,11H,5-8,10H2,1-3H3. The van der Waals surface area contributed by atoms with E-state index in [1.807, 2.05) is 11.8 Å². The zero-order valence-electron chi connectivity index (χ0n) is 11.5. The van der Waals surface area contributed by atoms with E-state index in [1.165, 1.54) is 0 Å². The summed E-state index contributed by atoms with van der Waals surface area (Å²) in [6.07, 6.45) is 1.58. The van der Waals surface area contributed by atoms with E-state index < -0.39 is 0 Å². The summed E-state index contributed by atoms with van der Waals surface area (Å²) < 4.78 is 5.19. The first-order chi connectivity index (χ1) is 8.58. The Morgan fingerprint density at radius 2 is 2.00 bits per heavy atom. The molecule has 4 nitrogen and oxygen atoms in total. The Morgan fingerprint density at radius 1 is 1.33 bits per heavy atom. The molecule has 18 heavy (non-hydrogen) atoms. The lowest BCUT2D eigenvalue weighted by molar-refractivity contribution is 0.0622. The third kappa shape index (κ3) is 2.93. The minimum atomic E-state index is 0.102. The fraction of sp³-hybridized carbons (Fsp3) is 0.643. The third-order valence-corrected chi connectivity index (χ3v) is 3.37. The lowest BCUT2D eigenvalue weighted by Gasteiger charge is -2.35. The molecule has 0 bridgehead atoms. The first kappa shape index (κ1) is 13.1. The molecular weight excluding hydrogens is 228 g/mol. The van der Waals surface area contributed by atoms with Crippen molar-refractivity contribution in [2.75, 3.05) is 32.7 Å². The van der Waals surface area contributed by atoms with Crippen LogP contribution in [0.5, 0.6) is 0 Å². The first-order valence-electron chi connectivity index (χ1n) is 6.63. The molecule has 2 heterocycles. The van der Waals surface area contributed by atoms with E-state index in [1.54, 1.807) is 12.3 Å². The molecule has 0 radical (unpaired) electrons. The molecule has 0 aromatic carbocycles. The van der Waals surface area contributed by atoms with Crippen molar-refractivity contribution >= 4 is 5.91 Å². The maximum atomic E-state index is 12.3. The molecule has 0 saturated carbocycles. The second kappa shape index (κ2) is 5.57. The van der Waals surface area contributed by atoms with Gasteiger partial charge >= 0.3 is 0 Å². The van der Waals surface area contributed by atoms with Crippen LogP contribution in [-0.4, -0.2) is 48.4 Å². The topological polar surface area (TPSA) is 36.7 Å². The van der Waals surface area contributed by atoms with Crippen LogP contribution >= 0.6 is 0 Å². The SMILES string of the molecule is Cc1occc1C(=O)N1CCN(CC(C)C)CC1. The van der Waals surface area contributed by atoms with Gasteiger partial charge in [-0.05, 0) is 18.9 Å². The summed E-state index contributed by atoms with van der Waals surface area (Å²) in [6.45, 7) is 11.0. The van der Waals surface area contributed by atoms with E-state index in [0.717, 1.165) is 32.7 Å². The summed E-state index contributed by atoms with van der Waals surface area (Å²) >= 11 is 0. The van der Waals surface area contributed by atoms with Crippen molar-refractivity contribution in [3.05, 3.63) is 23.7 Å². The Balaban J connectivity index is 1.90. The average molecular weight is 250 g/mol. The van der Waals surface area contributed by atoms with Gasteiger partial charge in [-0.1, -0.05) is 13.8 Å². The number of aryl methyl sites for hydroxylation is 1. The largest absolute Gasteiger partial charge is 0.469 e. The second-order valence-electron chi connectivity index (χ2n) is 5.38. The normalized spacial score (nSPS) is 17.4. The number of furan rings is 1. The average Bonchev–Trinajstić information content (AvgIpc) is 2.75. The van der Waals surface area contributed by atoms with Crippen molar-refractivity contribution in [3.8, 4) is 0 Å². The lowest BCUT2D eigenvalue weighted by atomic mass is 10.1. The Hall–Kier alpha value is -1.29. The molecule has 1 aromatic rings. The highest BCUT2D eigenvalue weighted by atomic mass is 16.3. The van der Waals surface area contributed by atoms with E-state index in [4.69, 9.17) is 4.42 Å². The van der Waals surface area contributed by atoms with Crippen LogP contribution in [0.15, 0.2) is 16.7 Å². The van der Waals surface area contributed by atoms with Gasteiger partial charge in [-0.3, -0.25) is 9.69 Å². The number of carbonyl (C=O) groups excluding carboxylic acids is 1. The van der Waals surface area contributed by atoms with Gasteiger partial charge in [0.2, 0.25) is 0 Å². The maximum absolute atomic E-state index is 12.3. The highest BCUT2D eigenvalue weighted by Crippen LogP contribution is 2.14. The van der Waals surface area contributed by atoms with E-state index in [2.05, 4.69) is 18.7 Å². The van der Waals surface area contributed by atoms with Gasteiger partial charge in [0.25, 0.3) is 5.91 Å². The summed E-state index contributed by atoms with van der Waals surface area (Å²) in [5.41, 5.74) is 0.701. The fourth-order valence-corrected chi connectivity index (χ4v) is 2.43. The van der Waals surface area contributed by atoms with Crippen LogP contribution in [0.25, 0.3) is 0 Å². The number of amides is 1. The Bertz CT molecular complexity index is 404. The zero-order valence-corrected chi connectivity index (χ0v) is 11.5. The molecule has 0 aliphatic carbocycles. The van der Waals surface area contributed by atoms with E-state index in [9.17, 15) is 4.79 Å². The van der Waals surface area contributed by atoms with Crippen molar-refractivity contribution in [1.82, 2.24) is 9.80 Å². The Labute approximate surface area is 109 Å². The Kier molecular flexibility index (Phi) is 4.07. The minimum absolute atomic E-state index is 0.102. The lowest BCUT2D eigenvalue weighted by Crippen LogP contribution is -2.49. The summed E-state index contributed by atoms with van der Waals surface area (Å²) in [5.74, 6) is 1.50. The summed E-state index contributed by atoms with van der Waals surface area (Å²) in [5, 5.41) is 0. The second-order valence-corrected chi connectivity index (χ2v) is 5.38. The van der Waals surface area contributed by atoms with E-state index >= 15 is 0 Å². The molecule has 4 heteroatoms. The first-order valence-corrected chi connectivity index (χ1v) is 6.63. The molecule has 1 fully saturated rings. The van der Waals surface area contributed by atoms with Crippen LogP contribution in [-0.2, 0) is 0 Å². The van der Waals surface area contributed by atoms with Gasteiger partial charge in [0.1, 0.15) is 5.76 Å². The van der Waals surface area contributed by atoms with Gasteiger partial charge in [-0.15, -0.1) is 0 Å². The van der Waals surface area contributed by atoms with Crippen LogP contribution in [0, 0.1) is 12.8 Å². The van der Waals surface area contributed by atoms with Gasteiger partial charge < -0.3 is 9.32 Å². The van der Waals surface area contributed by atoms with Gasteiger partial charge in [0.05, 0.1) is 11.8 Å². The number of carbonyl (C=O) groups is 1. The van der Waals surface area contributed by atoms with Gasteiger partial charge in [-0.25, -0.2) is 0 Å². The number of hydrogen-bond donors (Lipinski definition) is 0. The van der Waals surface area contributed by atoms with Crippen molar-refractivity contribution in [1.29, 1.82) is 0 Å². The third-order valence-electron chi connectivity index (χ3n) is 3.37. The van der Waals surface area contributed by atoms with Gasteiger partial charge in [-0.2, -0.15) is 0 Å². The van der Waals surface area contributed by atoms with Crippen molar-refractivity contribution in [3.63, 3.8) is 0 Å². The molecule has 1 aromatic heterocycles. The summed E-state index contributed by atoms with van der Waals surface area (Å²) in [7, 11) is 0. The number of rotatable bonds is 3. The molecule has 2 rings (SSSR count). The van der Waals surface area contributed by atoms with Crippen molar-refractivity contribution in [2.45, 2.75) is 20.8 Å². The van der Waals surface area contributed by atoms with E-state index in [0.29, 0.717) is 17.2 Å². The van der Waals surface area contributed by atoms with Gasteiger partial charge in [0, 0.05) is 32.7 Å². The Morgan fingerprint density at radius 3 is 2.50 bits per heavy atom. The highest BCUT2D eigenvalue weighted by Gasteiger charge is 2.24. The maximum Gasteiger partial charge on any atom is 0.257 e. The summed E-state index contributed by atoms with van der Waals surface area (Å²) in [6, 6.07) is 1.76. The zero-order chi connectivity index (χ0) is 13.1. The summed E-state index contributed by atoms with van der Waals surface area (Å²) in [4.78, 5) is 16.6. The molecule has 0 atom stereocenters. The van der Waals surface area contributed by atoms with Crippen LogP contribution < -0.4 is 0 Å². The highest BCUT2D eigenvalue weighted by molar-refractivity contribution is 5.95. The monoisotopic (exact) mass is 250 g/mol. The molecule has 1 aliphatic rings. The smallest absolute Gasteiger partial charge is 0.257 e. The van der Waals surface area contributed by atoms with Crippen molar-refractivity contribution in [2.24, 2.45) is 5.92 Å². The van der Waals surface area contributed by atoms with Crippen LogP contribution in [0.3, 0.4) is 0 Å². The number of nitrogens with zero attached hydrogens (tertiary/aromatic N) is 2. The molecule has 0 N–H and O–H groups in total. The molecule has 1 amide bonds. The molecule has 100 valence electrons. The molecule has 0 unspecified atom stereocenters. The molecule has 1 saturated heterocycles. The fourth-order valence-electron chi connectivity index (χ4n) is 2.43. The molecule has 0 spiro atoms. The van der Waals surface area contributed by atoms with Crippen molar-refractivity contribution < 1.29 is 9.21 Å². The predicted molar refractivity (Wildman–Crippen MR) is 70.6 cm³/mol. The van der Waals surface area contributed by atoms with E-state index in [-0.39, 0.29) is 5.91 Å². The molecular formula is C14H22N2O2. The van der Waals surface area contributed by atoms with Crippen LogP contribution in [0.1, 0.15) is 30.0 Å².